The Morgan fingerprint density at radius 2 is 1.58 bits per heavy atom. The lowest BCUT2D eigenvalue weighted by atomic mass is 10.1. The number of rotatable bonds is 8. The third-order valence-electron chi connectivity index (χ3n) is 5.46. The summed E-state index contributed by atoms with van der Waals surface area (Å²) in [5.41, 5.74) is 4.04. The second-order valence-corrected chi connectivity index (χ2v) is 8.81. The second kappa shape index (κ2) is 10.3. The Morgan fingerprint density at radius 3 is 2.36 bits per heavy atom. The number of nitrogens with one attached hydrogen (secondary N) is 1. The number of hydrogen-bond donors (Lipinski definition) is 1. The van der Waals surface area contributed by atoms with Gasteiger partial charge in [-0.3, -0.25) is 4.79 Å². The molecule has 2 aromatic heterocycles. The van der Waals surface area contributed by atoms with Crippen molar-refractivity contribution in [3.05, 3.63) is 84.4 Å². The van der Waals surface area contributed by atoms with Crippen LogP contribution in [0.3, 0.4) is 0 Å². The third-order valence-corrected chi connectivity index (χ3v) is 5.46. The van der Waals surface area contributed by atoms with Crippen LogP contribution in [0.1, 0.15) is 25.8 Å². The molecule has 5 aromatic rings. The minimum atomic E-state index is -0.0504. The molecule has 0 unspecified atom stereocenters. The van der Waals surface area contributed by atoms with E-state index in [1.807, 2.05) is 92.7 Å². The van der Waals surface area contributed by atoms with Crippen molar-refractivity contribution < 1.29 is 9.21 Å². The van der Waals surface area contributed by atoms with Crippen molar-refractivity contribution >= 4 is 11.6 Å². The molecule has 0 aliphatic carbocycles. The molecule has 9 heteroatoms. The van der Waals surface area contributed by atoms with Crippen LogP contribution >= 0.6 is 0 Å². The van der Waals surface area contributed by atoms with Crippen molar-refractivity contribution in [1.29, 1.82) is 0 Å². The summed E-state index contributed by atoms with van der Waals surface area (Å²) in [6, 6.07) is 24.9. The van der Waals surface area contributed by atoms with Crippen LogP contribution in [0.2, 0.25) is 0 Å². The average Bonchev–Trinajstić information content (AvgIpc) is 3.55. The highest BCUT2D eigenvalue weighted by Crippen LogP contribution is 2.30. The summed E-state index contributed by atoms with van der Waals surface area (Å²) in [5, 5.41) is 24.1. The first kappa shape index (κ1) is 23.1. The van der Waals surface area contributed by atoms with E-state index in [4.69, 9.17) is 4.42 Å². The molecule has 0 atom stereocenters. The SMILES string of the molecule is CC(C)CC(=O)Nc1ccccc1-c1nnc(-c2ccc(Cn3nnc(-c4ccccc4)n3)cc2)o1. The van der Waals surface area contributed by atoms with Gasteiger partial charge in [-0.15, -0.1) is 20.4 Å². The summed E-state index contributed by atoms with van der Waals surface area (Å²) in [7, 11) is 0. The summed E-state index contributed by atoms with van der Waals surface area (Å²) >= 11 is 0. The number of aromatic nitrogens is 6. The Balaban J connectivity index is 1.29. The average molecular weight is 480 g/mol. The molecule has 1 amide bonds. The first-order chi connectivity index (χ1) is 17.5. The minimum Gasteiger partial charge on any atom is -0.416 e. The molecule has 5 rings (SSSR count). The van der Waals surface area contributed by atoms with Crippen LogP contribution in [-0.4, -0.2) is 36.3 Å². The molecule has 3 aromatic carbocycles. The molecule has 0 fully saturated rings. The van der Waals surface area contributed by atoms with Crippen molar-refractivity contribution in [3.63, 3.8) is 0 Å². The Morgan fingerprint density at radius 1 is 0.861 bits per heavy atom. The number of benzene rings is 3. The number of hydrogen-bond acceptors (Lipinski definition) is 7. The predicted octanol–water partition coefficient (Wildman–Crippen LogP) is 5.09. The topological polar surface area (TPSA) is 112 Å². The largest absolute Gasteiger partial charge is 0.416 e. The zero-order valence-electron chi connectivity index (χ0n) is 20.0. The van der Waals surface area contributed by atoms with E-state index in [0.717, 1.165) is 16.7 Å². The first-order valence-electron chi connectivity index (χ1n) is 11.7. The maximum absolute atomic E-state index is 12.3. The number of nitrogens with zero attached hydrogens (tertiary/aromatic N) is 6. The highest BCUT2D eigenvalue weighted by atomic mass is 16.4. The van der Waals surface area contributed by atoms with Crippen LogP contribution in [0, 0.1) is 5.92 Å². The van der Waals surface area contributed by atoms with Crippen LogP contribution < -0.4 is 5.32 Å². The Kier molecular flexibility index (Phi) is 6.61. The zero-order valence-corrected chi connectivity index (χ0v) is 20.0. The summed E-state index contributed by atoms with van der Waals surface area (Å²) in [6.45, 7) is 4.50. The van der Waals surface area contributed by atoms with Gasteiger partial charge in [0, 0.05) is 17.5 Å². The van der Waals surface area contributed by atoms with E-state index >= 15 is 0 Å². The molecule has 2 heterocycles. The van der Waals surface area contributed by atoms with E-state index in [1.54, 1.807) is 4.80 Å². The van der Waals surface area contributed by atoms with E-state index in [1.165, 1.54) is 0 Å². The van der Waals surface area contributed by atoms with Crippen LogP contribution in [0.15, 0.2) is 83.3 Å². The lowest BCUT2D eigenvalue weighted by molar-refractivity contribution is -0.116. The molecule has 0 spiro atoms. The minimum absolute atomic E-state index is 0.0504. The van der Waals surface area contributed by atoms with Gasteiger partial charge in [-0.25, -0.2) is 0 Å². The van der Waals surface area contributed by atoms with E-state index < -0.39 is 0 Å². The molecule has 0 aliphatic rings. The molecule has 0 saturated carbocycles. The van der Waals surface area contributed by atoms with Gasteiger partial charge in [0.25, 0.3) is 0 Å². The molecular formula is C27H25N7O2. The molecule has 36 heavy (non-hydrogen) atoms. The highest BCUT2D eigenvalue weighted by Gasteiger charge is 2.16. The fraction of sp³-hybridized carbons (Fsp3) is 0.185. The van der Waals surface area contributed by atoms with Crippen LogP contribution in [0.5, 0.6) is 0 Å². The summed E-state index contributed by atoms with van der Waals surface area (Å²) in [4.78, 5) is 13.8. The van der Waals surface area contributed by atoms with Crippen molar-refractivity contribution in [2.24, 2.45) is 5.92 Å². The monoisotopic (exact) mass is 479 g/mol. The molecule has 9 nitrogen and oxygen atoms in total. The zero-order chi connectivity index (χ0) is 24.9. The number of anilines is 1. The highest BCUT2D eigenvalue weighted by molar-refractivity contribution is 5.94. The Labute approximate surface area is 208 Å². The third kappa shape index (κ3) is 5.35. The van der Waals surface area contributed by atoms with Crippen LogP contribution in [0.4, 0.5) is 5.69 Å². The van der Waals surface area contributed by atoms with Crippen LogP contribution in [0.25, 0.3) is 34.3 Å². The van der Waals surface area contributed by atoms with E-state index in [2.05, 4.69) is 30.9 Å². The normalized spacial score (nSPS) is 11.1. The summed E-state index contributed by atoms with van der Waals surface area (Å²) in [6.07, 6.45) is 0.438. The van der Waals surface area contributed by atoms with Gasteiger partial charge in [0.15, 0.2) is 0 Å². The maximum atomic E-state index is 12.3. The van der Waals surface area contributed by atoms with E-state index in [0.29, 0.717) is 41.8 Å². The Bertz CT molecular complexity index is 1460. The summed E-state index contributed by atoms with van der Waals surface area (Å²) in [5.74, 6) is 1.54. The maximum Gasteiger partial charge on any atom is 0.250 e. The predicted molar refractivity (Wildman–Crippen MR) is 136 cm³/mol. The smallest absolute Gasteiger partial charge is 0.250 e. The van der Waals surface area contributed by atoms with Gasteiger partial charge in [0.1, 0.15) is 0 Å². The fourth-order valence-electron chi connectivity index (χ4n) is 3.73. The molecule has 0 aliphatic heterocycles. The van der Waals surface area contributed by atoms with Gasteiger partial charge >= 0.3 is 0 Å². The summed E-state index contributed by atoms with van der Waals surface area (Å²) < 4.78 is 5.96. The van der Waals surface area contributed by atoms with Gasteiger partial charge in [-0.2, -0.15) is 4.80 Å². The number of amides is 1. The van der Waals surface area contributed by atoms with Gasteiger partial charge < -0.3 is 9.73 Å². The molecule has 1 N–H and O–H groups in total. The van der Waals surface area contributed by atoms with Crippen molar-refractivity contribution in [3.8, 4) is 34.3 Å². The standard InChI is InChI=1S/C27H25N7O2/c1-18(2)16-24(35)28-23-11-7-6-10-22(23)27-31-30-26(36-27)21-14-12-19(13-15-21)17-34-32-25(29-33-34)20-8-4-3-5-9-20/h3-15,18H,16-17H2,1-2H3,(H,28,35). The lowest BCUT2D eigenvalue weighted by Gasteiger charge is -2.09. The quantitative estimate of drug-likeness (QED) is 0.330. The van der Waals surface area contributed by atoms with Crippen LogP contribution in [-0.2, 0) is 11.3 Å². The molecule has 0 saturated heterocycles. The fourth-order valence-corrected chi connectivity index (χ4v) is 3.73. The molecule has 0 radical (unpaired) electrons. The number of para-hydroxylation sites is 1. The second-order valence-electron chi connectivity index (χ2n) is 8.81. The lowest BCUT2D eigenvalue weighted by Crippen LogP contribution is -2.14. The molecule has 0 bridgehead atoms. The molecule has 180 valence electrons. The number of carbonyl (C=O) groups is 1. The van der Waals surface area contributed by atoms with Gasteiger partial charge in [-0.1, -0.05) is 68.4 Å². The van der Waals surface area contributed by atoms with Crippen molar-refractivity contribution in [1.82, 2.24) is 30.4 Å². The molecular weight excluding hydrogens is 454 g/mol. The van der Waals surface area contributed by atoms with E-state index in [-0.39, 0.29) is 11.8 Å². The van der Waals surface area contributed by atoms with Crippen molar-refractivity contribution in [2.75, 3.05) is 5.32 Å². The van der Waals surface area contributed by atoms with Gasteiger partial charge in [-0.05, 0) is 41.0 Å². The Hall–Kier alpha value is -4.66. The number of carbonyl (C=O) groups excluding carboxylic acids is 1. The van der Waals surface area contributed by atoms with Gasteiger partial charge in [0.2, 0.25) is 23.5 Å². The van der Waals surface area contributed by atoms with Crippen molar-refractivity contribution in [2.45, 2.75) is 26.8 Å². The number of tetrazole rings is 1. The van der Waals surface area contributed by atoms with Gasteiger partial charge in [0.05, 0.1) is 17.8 Å². The first-order valence-corrected chi connectivity index (χ1v) is 11.7. The van der Waals surface area contributed by atoms with E-state index in [9.17, 15) is 4.79 Å².